The van der Waals surface area contributed by atoms with Gasteiger partial charge in [0.05, 0.1) is 18.4 Å². The van der Waals surface area contributed by atoms with E-state index < -0.39 is 11.8 Å². The summed E-state index contributed by atoms with van der Waals surface area (Å²) in [6, 6.07) is 17.3. The number of methoxy groups -OCH3 is 1. The van der Waals surface area contributed by atoms with Gasteiger partial charge in [0.25, 0.3) is 5.91 Å². The SMILES string of the molecule is COc1ccc(CNC(=O)c2ccccc2NC(=O)C(=O)NCc2cccnc2)cc1. The fourth-order valence-electron chi connectivity index (χ4n) is 2.76. The van der Waals surface area contributed by atoms with Crippen molar-refractivity contribution in [1.82, 2.24) is 15.6 Å². The van der Waals surface area contributed by atoms with Crippen molar-refractivity contribution < 1.29 is 19.1 Å². The van der Waals surface area contributed by atoms with E-state index in [0.29, 0.717) is 6.54 Å². The molecule has 0 atom stereocenters. The summed E-state index contributed by atoms with van der Waals surface area (Å²) in [7, 11) is 1.58. The van der Waals surface area contributed by atoms with E-state index in [4.69, 9.17) is 4.74 Å². The quantitative estimate of drug-likeness (QED) is 0.510. The maximum Gasteiger partial charge on any atom is 0.313 e. The molecule has 0 radical (unpaired) electrons. The monoisotopic (exact) mass is 418 g/mol. The zero-order valence-electron chi connectivity index (χ0n) is 16.9. The molecule has 1 aromatic heterocycles. The number of ether oxygens (including phenoxy) is 1. The molecule has 0 aliphatic rings. The van der Waals surface area contributed by atoms with E-state index in [2.05, 4.69) is 20.9 Å². The average Bonchev–Trinajstić information content (AvgIpc) is 2.82. The lowest BCUT2D eigenvalue weighted by Gasteiger charge is -2.12. The molecule has 0 spiro atoms. The first-order valence-electron chi connectivity index (χ1n) is 9.55. The maximum absolute atomic E-state index is 12.6. The third-order valence-corrected chi connectivity index (χ3v) is 4.41. The van der Waals surface area contributed by atoms with Crippen molar-refractivity contribution >= 4 is 23.4 Å². The molecular weight excluding hydrogens is 396 g/mol. The van der Waals surface area contributed by atoms with Gasteiger partial charge in [-0.2, -0.15) is 0 Å². The summed E-state index contributed by atoms with van der Waals surface area (Å²) in [4.78, 5) is 41.0. The van der Waals surface area contributed by atoms with E-state index in [0.717, 1.165) is 16.9 Å². The molecule has 0 bridgehead atoms. The van der Waals surface area contributed by atoms with Crippen molar-refractivity contribution in [3.05, 3.63) is 89.7 Å². The maximum atomic E-state index is 12.6. The van der Waals surface area contributed by atoms with Gasteiger partial charge in [-0.3, -0.25) is 19.4 Å². The largest absolute Gasteiger partial charge is 0.497 e. The first-order chi connectivity index (χ1) is 15.1. The number of anilines is 1. The molecule has 1 heterocycles. The summed E-state index contributed by atoms with van der Waals surface area (Å²) in [5, 5.41) is 7.82. The number of para-hydroxylation sites is 1. The molecule has 2 aromatic carbocycles. The third-order valence-electron chi connectivity index (χ3n) is 4.41. The van der Waals surface area contributed by atoms with Crippen molar-refractivity contribution in [3.8, 4) is 5.75 Å². The van der Waals surface area contributed by atoms with Gasteiger partial charge in [0.1, 0.15) is 5.75 Å². The van der Waals surface area contributed by atoms with Crippen molar-refractivity contribution in [3.63, 3.8) is 0 Å². The number of pyridine rings is 1. The van der Waals surface area contributed by atoms with E-state index >= 15 is 0 Å². The predicted octanol–water partition coefficient (Wildman–Crippen LogP) is 2.28. The Kier molecular flexibility index (Phi) is 7.31. The van der Waals surface area contributed by atoms with Crippen LogP contribution >= 0.6 is 0 Å². The highest BCUT2D eigenvalue weighted by atomic mass is 16.5. The van der Waals surface area contributed by atoms with Gasteiger partial charge in [0.2, 0.25) is 0 Å². The summed E-state index contributed by atoms with van der Waals surface area (Å²) in [5.41, 5.74) is 2.16. The second-order valence-corrected chi connectivity index (χ2v) is 6.57. The van der Waals surface area contributed by atoms with Gasteiger partial charge in [0, 0.05) is 25.5 Å². The van der Waals surface area contributed by atoms with Crippen LogP contribution in [0.2, 0.25) is 0 Å². The number of nitrogens with zero attached hydrogens (tertiary/aromatic N) is 1. The molecule has 0 fully saturated rings. The molecule has 0 unspecified atom stereocenters. The second kappa shape index (κ2) is 10.5. The minimum Gasteiger partial charge on any atom is -0.497 e. The van der Waals surface area contributed by atoms with Crippen molar-refractivity contribution in [1.29, 1.82) is 0 Å². The van der Waals surface area contributed by atoms with Crippen LogP contribution in [0.3, 0.4) is 0 Å². The lowest BCUT2D eigenvalue weighted by molar-refractivity contribution is -0.136. The molecule has 31 heavy (non-hydrogen) atoms. The van der Waals surface area contributed by atoms with Crippen LogP contribution in [-0.2, 0) is 22.7 Å². The van der Waals surface area contributed by atoms with Gasteiger partial charge in [-0.15, -0.1) is 0 Å². The minimum atomic E-state index is -0.862. The summed E-state index contributed by atoms with van der Waals surface area (Å²) >= 11 is 0. The Balaban J connectivity index is 1.58. The highest BCUT2D eigenvalue weighted by Gasteiger charge is 2.17. The molecule has 0 aliphatic carbocycles. The number of hydrogen-bond donors (Lipinski definition) is 3. The molecule has 3 aromatic rings. The first kappa shape index (κ1) is 21.5. The van der Waals surface area contributed by atoms with E-state index in [9.17, 15) is 14.4 Å². The molecule has 8 heteroatoms. The summed E-state index contributed by atoms with van der Waals surface area (Å²) in [6.45, 7) is 0.473. The Labute approximate surface area is 179 Å². The number of carbonyl (C=O) groups excluding carboxylic acids is 3. The van der Waals surface area contributed by atoms with E-state index in [1.54, 1.807) is 68.0 Å². The Hall–Kier alpha value is -4.20. The third kappa shape index (κ3) is 6.14. The van der Waals surface area contributed by atoms with Crippen LogP contribution in [0.5, 0.6) is 5.75 Å². The normalized spacial score (nSPS) is 10.1. The highest BCUT2D eigenvalue weighted by molar-refractivity contribution is 6.40. The fraction of sp³-hybridized carbons (Fsp3) is 0.130. The first-order valence-corrected chi connectivity index (χ1v) is 9.55. The van der Waals surface area contributed by atoms with Crippen LogP contribution in [0.4, 0.5) is 5.69 Å². The summed E-state index contributed by atoms with van der Waals surface area (Å²) < 4.78 is 5.12. The van der Waals surface area contributed by atoms with Gasteiger partial charge >= 0.3 is 11.8 Å². The van der Waals surface area contributed by atoms with Crippen molar-refractivity contribution in [2.75, 3.05) is 12.4 Å². The van der Waals surface area contributed by atoms with Gasteiger partial charge in [0.15, 0.2) is 0 Å². The van der Waals surface area contributed by atoms with Crippen LogP contribution in [-0.4, -0.2) is 29.8 Å². The predicted molar refractivity (Wildman–Crippen MR) is 115 cm³/mol. The Morgan fingerprint density at radius 2 is 1.58 bits per heavy atom. The van der Waals surface area contributed by atoms with E-state index in [1.165, 1.54) is 0 Å². The standard InChI is InChI=1S/C23H22N4O4/c1-31-18-10-8-16(9-11-18)14-25-21(28)19-6-2-3-7-20(19)27-23(30)22(29)26-15-17-5-4-12-24-13-17/h2-13H,14-15H2,1H3,(H,25,28)(H,26,29)(H,27,30). The molecule has 8 nitrogen and oxygen atoms in total. The zero-order chi connectivity index (χ0) is 22.1. The Bertz CT molecular complexity index is 1050. The number of nitrogens with one attached hydrogen (secondary N) is 3. The summed E-state index contributed by atoms with van der Waals surface area (Å²) in [6.07, 6.45) is 3.22. The molecule has 0 saturated carbocycles. The molecule has 3 rings (SSSR count). The van der Waals surface area contributed by atoms with Gasteiger partial charge in [-0.05, 0) is 41.5 Å². The topological polar surface area (TPSA) is 109 Å². The van der Waals surface area contributed by atoms with Gasteiger partial charge in [-0.1, -0.05) is 30.3 Å². The smallest absolute Gasteiger partial charge is 0.313 e. The molecule has 3 N–H and O–H groups in total. The van der Waals surface area contributed by atoms with E-state index in [1.807, 2.05) is 12.1 Å². The number of rotatable bonds is 7. The molecule has 3 amide bonds. The lowest BCUT2D eigenvalue weighted by atomic mass is 10.1. The van der Waals surface area contributed by atoms with Crippen LogP contribution in [0, 0.1) is 0 Å². The van der Waals surface area contributed by atoms with Crippen LogP contribution in [0.15, 0.2) is 73.1 Å². The fourth-order valence-corrected chi connectivity index (χ4v) is 2.76. The highest BCUT2D eigenvalue weighted by Crippen LogP contribution is 2.16. The molecular formula is C23H22N4O4. The molecule has 158 valence electrons. The zero-order valence-corrected chi connectivity index (χ0v) is 16.9. The number of amides is 3. The lowest BCUT2D eigenvalue weighted by Crippen LogP contribution is -2.35. The number of benzene rings is 2. The second-order valence-electron chi connectivity index (χ2n) is 6.57. The van der Waals surface area contributed by atoms with Gasteiger partial charge in [-0.25, -0.2) is 0 Å². The number of carbonyl (C=O) groups is 3. The minimum absolute atomic E-state index is 0.171. The molecule has 0 saturated heterocycles. The Morgan fingerprint density at radius 3 is 2.29 bits per heavy atom. The van der Waals surface area contributed by atoms with Crippen LogP contribution in [0.25, 0.3) is 0 Å². The van der Waals surface area contributed by atoms with Crippen molar-refractivity contribution in [2.45, 2.75) is 13.1 Å². The molecule has 0 aliphatic heterocycles. The average molecular weight is 418 g/mol. The number of aromatic nitrogens is 1. The van der Waals surface area contributed by atoms with Crippen LogP contribution < -0.4 is 20.7 Å². The van der Waals surface area contributed by atoms with Gasteiger partial charge < -0.3 is 20.7 Å². The van der Waals surface area contributed by atoms with Crippen LogP contribution in [0.1, 0.15) is 21.5 Å². The van der Waals surface area contributed by atoms with Crippen molar-refractivity contribution in [2.24, 2.45) is 0 Å². The number of hydrogen-bond acceptors (Lipinski definition) is 5. The summed E-state index contributed by atoms with van der Waals surface area (Å²) in [5.74, 6) is -1.32. The Morgan fingerprint density at radius 1 is 0.839 bits per heavy atom. The van der Waals surface area contributed by atoms with E-state index in [-0.39, 0.29) is 23.7 Å².